The third-order valence-electron chi connectivity index (χ3n) is 8.24. The Hall–Kier alpha value is -3.10. The Balaban J connectivity index is 0.00000151. The molecule has 2 aromatic carbocycles. The van der Waals surface area contributed by atoms with Gasteiger partial charge in [0.25, 0.3) is 0 Å². The van der Waals surface area contributed by atoms with E-state index in [1.54, 1.807) is 6.56 Å². The molecule has 2 atom stereocenters. The molecule has 0 fully saturated rings. The van der Waals surface area contributed by atoms with Gasteiger partial charge < -0.3 is 24.8 Å². The minimum Gasteiger partial charge on any atom is -1.00 e. The fourth-order valence-corrected chi connectivity index (χ4v) is 10.6. The molecule has 4 aliphatic rings. The van der Waals surface area contributed by atoms with Gasteiger partial charge in [0.1, 0.15) is 0 Å². The van der Waals surface area contributed by atoms with Crippen molar-refractivity contribution in [1.82, 2.24) is 0 Å². The smallest absolute Gasteiger partial charge is 1.00 e. The molecule has 2 unspecified atom stereocenters. The van der Waals surface area contributed by atoms with E-state index in [2.05, 4.69) is 97.1 Å². The molecule has 0 amide bonds. The number of hydrogen-bond acceptors (Lipinski definition) is 2. The Morgan fingerprint density at radius 2 is 1.02 bits per heavy atom. The summed E-state index contributed by atoms with van der Waals surface area (Å²) in [4.78, 5) is 0. The minimum absolute atomic E-state index is 0. The van der Waals surface area contributed by atoms with E-state index in [0.29, 0.717) is 11.8 Å². The summed E-state index contributed by atoms with van der Waals surface area (Å²) in [5, 5.41) is 0. The van der Waals surface area contributed by atoms with Crippen LogP contribution in [-0.4, -0.2) is 0 Å². The topological polar surface area (TPSA) is 26.3 Å². The predicted octanol–water partition coefficient (Wildman–Crippen LogP) is 3.48. The number of fused-ring (bicyclic) bond motifs is 6. The van der Waals surface area contributed by atoms with Crippen LogP contribution in [-0.2, 0) is 23.2 Å². The van der Waals surface area contributed by atoms with Crippen molar-refractivity contribution in [2.24, 2.45) is 0 Å². The van der Waals surface area contributed by atoms with Gasteiger partial charge in [0.05, 0.1) is 0 Å². The van der Waals surface area contributed by atoms with Crippen LogP contribution in [0, 0.1) is 13.8 Å². The molecule has 8 rings (SSSR count). The Kier molecular flexibility index (Phi) is 7.49. The van der Waals surface area contributed by atoms with E-state index in [-0.39, 0.29) is 24.8 Å². The van der Waals surface area contributed by atoms with Crippen LogP contribution in [0.25, 0.3) is 29.2 Å². The van der Waals surface area contributed by atoms with Crippen molar-refractivity contribution in [1.29, 1.82) is 0 Å². The second-order valence-electron chi connectivity index (χ2n) is 10.7. The molecule has 0 N–H and O–H groups in total. The molecular weight excluding hydrogens is 627 g/mol. The molecule has 4 aromatic rings. The number of halogens is 2. The molecule has 5 heteroatoms. The second-order valence-corrected chi connectivity index (χ2v) is 13.7. The number of furan rings is 2. The quantitative estimate of drug-likeness (QED) is 0.338. The molecular formula is C36H26Cl2O2Zr. The Labute approximate surface area is 264 Å². The zero-order chi connectivity index (χ0) is 26.1. The van der Waals surface area contributed by atoms with Crippen LogP contribution in [0.4, 0.5) is 0 Å². The first-order chi connectivity index (χ1) is 19.1. The van der Waals surface area contributed by atoms with Crippen LogP contribution < -0.4 is 24.8 Å². The van der Waals surface area contributed by atoms with Crippen LogP contribution in [0.5, 0.6) is 0 Å². The van der Waals surface area contributed by atoms with Crippen molar-refractivity contribution < 1.29 is 56.9 Å². The van der Waals surface area contributed by atoms with Crippen molar-refractivity contribution >= 4 is 6.56 Å². The summed E-state index contributed by atoms with van der Waals surface area (Å²) in [5.41, 5.74) is 11.0. The van der Waals surface area contributed by atoms with E-state index < -0.39 is 23.2 Å². The van der Waals surface area contributed by atoms with Crippen LogP contribution >= 0.6 is 0 Å². The van der Waals surface area contributed by atoms with Gasteiger partial charge in [-0.25, -0.2) is 0 Å². The van der Waals surface area contributed by atoms with Gasteiger partial charge in [-0.05, 0) is 0 Å². The van der Waals surface area contributed by atoms with Crippen molar-refractivity contribution in [3.63, 3.8) is 0 Å². The number of aryl methyl sites for hydroxylation is 2. The van der Waals surface area contributed by atoms with E-state index in [1.807, 2.05) is 26.0 Å². The molecule has 4 aliphatic carbocycles. The maximum absolute atomic E-state index is 6.03. The zero-order valence-electron chi connectivity index (χ0n) is 22.6. The fraction of sp³-hybridized carbons (Fsp3) is 0.111. The first-order valence-electron chi connectivity index (χ1n) is 13.5. The van der Waals surface area contributed by atoms with Crippen LogP contribution in [0.2, 0.25) is 0 Å². The number of allylic oxidation sites excluding steroid dienone is 10. The summed E-state index contributed by atoms with van der Waals surface area (Å²) >= 11 is -1.22. The van der Waals surface area contributed by atoms with Crippen molar-refractivity contribution in [3.8, 4) is 22.6 Å². The van der Waals surface area contributed by atoms with E-state index in [4.69, 9.17) is 8.83 Å². The van der Waals surface area contributed by atoms with Gasteiger partial charge in [-0.1, -0.05) is 0 Å². The first-order valence-corrected chi connectivity index (χ1v) is 16.0. The van der Waals surface area contributed by atoms with Gasteiger partial charge in [-0.3, -0.25) is 0 Å². The zero-order valence-corrected chi connectivity index (χ0v) is 26.6. The van der Waals surface area contributed by atoms with Crippen LogP contribution in [0.15, 0.2) is 129 Å². The normalized spacial score (nSPS) is 18.9. The van der Waals surface area contributed by atoms with Crippen LogP contribution in [0.3, 0.4) is 0 Å². The fourth-order valence-electron chi connectivity index (χ4n) is 6.39. The molecule has 0 radical (unpaired) electrons. The van der Waals surface area contributed by atoms with E-state index in [0.717, 1.165) is 34.2 Å². The molecule has 2 aromatic heterocycles. The minimum atomic E-state index is -1.22. The predicted molar refractivity (Wildman–Crippen MR) is 154 cm³/mol. The van der Waals surface area contributed by atoms with Gasteiger partial charge in [0.2, 0.25) is 0 Å². The molecule has 0 aliphatic heterocycles. The van der Waals surface area contributed by atoms with Gasteiger partial charge in [-0.15, -0.1) is 0 Å². The molecule has 41 heavy (non-hydrogen) atoms. The third kappa shape index (κ3) is 4.60. The molecule has 200 valence electrons. The van der Waals surface area contributed by atoms with Gasteiger partial charge in [-0.2, -0.15) is 0 Å². The average Bonchev–Trinajstić information content (AvgIpc) is 3.74. The second kappa shape index (κ2) is 11.0. The van der Waals surface area contributed by atoms with Crippen molar-refractivity contribution in [3.05, 3.63) is 154 Å². The molecule has 2 heterocycles. The summed E-state index contributed by atoms with van der Waals surface area (Å²) in [5.74, 6) is 4.46. The third-order valence-corrected chi connectivity index (χ3v) is 12.2. The van der Waals surface area contributed by atoms with Crippen molar-refractivity contribution in [2.45, 2.75) is 25.7 Å². The number of benzene rings is 2. The average molecular weight is 653 g/mol. The number of hydrogen-bond donors (Lipinski definition) is 0. The van der Waals surface area contributed by atoms with Gasteiger partial charge in [0, 0.05) is 0 Å². The first kappa shape index (κ1) is 28.0. The summed E-state index contributed by atoms with van der Waals surface area (Å²) < 4.78 is 15.2. The molecule has 0 bridgehead atoms. The molecule has 2 nitrogen and oxygen atoms in total. The largest absolute Gasteiger partial charge is 1.00 e. The van der Waals surface area contributed by atoms with Crippen LogP contribution in [0.1, 0.15) is 45.6 Å². The van der Waals surface area contributed by atoms with E-state index in [9.17, 15) is 0 Å². The monoisotopic (exact) mass is 650 g/mol. The molecule has 0 spiro atoms. The Bertz CT molecular complexity index is 1740. The van der Waals surface area contributed by atoms with Gasteiger partial charge in [0.15, 0.2) is 0 Å². The van der Waals surface area contributed by atoms with E-state index >= 15 is 0 Å². The Morgan fingerprint density at radius 1 is 0.561 bits per heavy atom. The van der Waals surface area contributed by atoms with E-state index in [1.165, 1.54) is 33.4 Å². The van der Waals surface area contributed by atoms with Crippen molar-refractivity contribution in [2.75, 3.05) is 0 Å². The van der Waals surface area contributed by atoms with Gasteiger partial charge >= 0.3 is 241 Å². The molecule has 0 saturated carbocycles. The number of rotatable bonds is 4. The summed E-state index contributed by atoms with van der Waals surface area (Å²) in [6.45, 7) is 4.02. The summed E-state index contributed by atoms with van der Waals surface area (Å²) in [6.07, 6.45) is 18.2. The summed E-state index contributed by atoms with van der Waals surface area (Å²) in [7, 11) is 0. The summed E-state index contributed by atoms with van der Waals surface area (Å²) in [6, 6.07) is 22.1. The Morgan fingerprint density at radius 3 is 1.44 bits per heavy atom. The maximum atomic E-state index is 6.03. The maximum Gasteiger partial charge on any atom is -1.00 e. The standard InChI is InChI=1S/2C18H13O.2ClH.Zr/c2*1-12-6-9-18(19-12)14-7-8-17-15(11-14)10-13-4-2-3-5-16(13)17;;;/h2*2-9,11,16H,1H3;2*1H;/q;;;;+2/p-2. The SMILES string of the molecule is Cc1ccc(-c2ccc3c(c2)[C]([Zr+2][C]2=C4C=CC=CC4c4ccc(-c5ccc(C)o5)cc42)=C2C=CC=CC23)o1.[Cl-].[Cl-]. The molecule has 0 saturated heterocycles.